The minimum absolute atomic E-state index is 0.0743. The zero-order valence-electron chi connectivity index (χ0n) is 50.1. The Hall–Kier alpha value is -2.89. The molecule has 1 unspecified atom stereocenters. The molecular formula is C69H124O6. The minimum Gasteiger partial charge on any atom is -0.462 e. The summed E-state index contributed by atoms with van der Waals surface area (Å²) in [5, 5.41) is 0. The van der Waals surface area contributed by atoms with Crippen molar-refractivity contribution in [1.82, 2.24) is 0 Å². The van der Waals surface area contributed by atoms with E-state index in [1.54, 1.807) is 0 Å². The van der Waals surface area contributed by atoms with Crippen LogP contribution in [0.15, 0.2) is 60.8 Å². The standard InChI is InChI=1S/C69H124O6/c1-4-7-10-13-16-19-22-25-27-29-30-31-32-33-34-35-36-37-38-40-41-44-47-50-53-56-59-62-68(71)74-65-66(64-73-67(70)61-58-55-52-49-46-43-24-21-18-15-12-9-6-3)75-69(72)63-60-57-54-51-48-45-42-39-28-26-23-20-17-14-11-8-5-2/h8,11,17,20,22,25-26,28-30,66H,4-7,9-10,12-16,18-19,21,23-24,27,31-65H2,1-3H3/b11-8-,20-17-,25-22-,28-26-,30-29-. The van der Waals surface area contributed by atoms with Gasteiger partial charge in [-0.1, -0.05) is 300 Å². The smallest absolute Gasteiger partial charge is 0.306 e. The summed E-state index contributed by atoms with van der Waals surface area (Å²) in [4.78, 5) is 38.3. The Morgan fingerprint density at radius 3 is 0.813 bits per heavy atom. The molecule has 1 atom stereocenters. The van der Waals surface area contributed by atoms with E-state index in [2.05, 4.69) is 81.5 Å². The summed E-state index contributed by atoms with van der Waals surface area (Å²) in [6, 6.07) is 0. The lowest BCUT2D eigenvalue weighted by molar-refractivity contribution is -0.167. The molecule has 0 saturated heterocycles. The van der Waals surface area contributed by atoms with Gasteiger partial charge in [-0.15, -0.1) is 0 Å². The molecule has 0 aromatic rings. The maximum Gasteiger partial charge on any atom is 0.306 e. The van der Waals surface area contributed by atoms with Crippen molar-refractivity contribution in [2.45, 2.75) is 348 Å². The van der Waals surface area contributed by atoms with E-state index in [9.17, 15) is 14.4 Å². The lowest BCUT2D eigenvalue weighted by Gasteiger charge is -2.18. The first kappa shape index (κ1) is 72.1. The van der Waals surface area contributed by atoms with Crippen molar-refractivity contribution in [3.05, 3.63) is 60.8 Å². The van der Waals surface area contributed by atoms with Crippen molar-refractivity contribution in [3.63, 3.8) is 0 Å². The monoisotopic (exact) mass is 1050 g/mol. The summed E-state index contributed by atoms with van der Waals surface area (Å²) in [6.45, 7) is 6.56. The number of allylic oxidation sites excluding steroid dienone is 10. The van der Waals surface area contributed by atoms with Gasteiger partial charge in [0.1, 0.15) is 13.2 Å². The highest BCUT2D eigenvalue weighted by atomic mass is 16.6. The number of carbonyl (C=O) groups excluding carboxylic acids is 3. The highest BCUT2D eigenvalue weighted by Crippen LogP contribution is 2.17. The van der Waals surface area contributed by atoms with E-state index in [4.69, 9.17) is 14.2 Å². The molecule has 0 bridgehead atoms. The van der Waals surface area contributed by atoms with Gasteiger partial charge < -0.3 is 14.2 Å². The van der Waals surface area contributed by atoms with E-state index < -0.39 is 6.10 Å². The second-order valence-corrected chi connectivity index (χ2v) is 22.0. The van der Waals surface area contributed by atoms with Crippen molar-refractivity contribution in [1.29, 1.82) is 0 Å². The summed E-state index contributed by atoms with van der Waals surface area (Å²) in [5.41, 5.74) is 0. The topological polar surface area (TPSA) is 78.9 Å². The maximum atomic E-state index is 12.9. The molecule has 6 heteroatoms. The Labute approximate surface area is 466 Å². The van der Waals surface area contributed by atoms with Crippen LogP contribution in [-0.4, -0.2) is 37.2 Å². The molecule has 0 aliphatic rings. The number of hydrogen-bond acceptors (Lipinski definition) is 6. The second-order valence-electron chi connectivity index (χ2n) is 22.0. The van der Waals surface area contributed by atoms with Crippen molar-refractivity contribution in [2.24, 2.45) is 0 Å². The van der Waals surface area contributed by atoms with Gasteiger partial charge in [-0.05, 0) is 83.5 Å². The zero-order chi connectivity index (χ0) is 54.3. The highest BCUT2D eigenvalue weighted by molar-refractivity contribution is 5.71. The van der Waals surface area contributed by atoms with Gasteiger partial charge in [-0.2, -0.15) is 0 Å². The van der Waals surface area contributed by atoms with E-state index in [0.29, 0.717) is 19.3 Å². The van der Waals surface area contributed by atoms with Gasteiger partial charge in [-0.3, -0.25) is 14.4 Å². The summed E-state index contributed by atoms with van der Waals surface area (Å²) < 4.78 is 16.9. The molecular weight excluding hydrogens is 925 g/mol. The lowest BCUT2D eigenvalue weighted by atomic mass is 10.0. The molecule has 0 fully saturated rings. The van der Waals surface area contributed by atoms with Gasteiger partial charge in [-0.25, -0.2) is 0 Å². The molecule has 0 N–H and O–H groups in total. The van der Waals surface area contributed by atoms with Crippen LogP contribution in [0.2, 0.25) is 0 Å². The third-order valence-electron chi connectivity index (χ3n) is 14.5. The number of carbonyl (C=O) groups is 3. The quantitative estimate of drug-likeness (QED) is 0.0261. The average molecular weight is 1050 g/mol. The van der Waals surface area contributed by atoms with Crippen LogP contribution in [0.5, 0.6) is 0 Å². The molecule has 0 aromatic carbocycles. The molecule has 0 rings (SSSR count). The average Bonchev–Trinajstić information content (AvgIpc) is 3.41. The van der Waals surface area contributed by atoms with Crippen LogP contribution in [0.25, 0.3) is 0 Å². The summed E-state index contributed by atoms with van der Waals surface area (Å²) >= 11 is 0. The summed E-state index contributed by atoms with van der Waals surface area (Å²) in [6.07, 6.45) is 80.9. The van der Waals surface area contributed by atoms with E-state index >= 15 is 0 Å². The van der Waals surface area contributed by atoms with E-state index in [1.807, 2.05) is 0 Å². The Morgan fingerprint density at radius 2 is 0.520 bits per heavy atom. The maximum absolute atomic E-state index is 12.9. The van der Waals surface area contributed by atoms with E-state index in [1.165, 1.54) is 212 Å². The molecule has 0 aliphatic heterocycles. The predicted octanol–water partition coefficient (Wildman–Crippen LogP) is 22.3. The molecule has 0 aliphatic carbocycles. The second kappa shape index (κ2) is 63.6. The Balaban J connectivity index is 4.23. The number of rotatable bonds is 60. The van der Waals surface area contributed by atoms with Gasteiger partial charge in [0.25, 0.3) is 0 Å². The van der Waals surface area contributed by atoms with Gasteiger partial charge in [0, 0.05) is 19.3 Å². The van der Waals surface area contributed by atoms with Crippen LogP contribution in [0.3, 0.4) is 0 Å². The van der Waals surface area contributed by atoms with Gasteiger partial charge in [0.2, 0.25) is 0 Å². The molecule has 0 amide bonds. The van der Waals surface area contributed by atoms with Crippen molar-refractivity contribution < 1.29 is 28.6 Å². The van der Waals surface area contributed by atoms with Gasteiger partial charge in [0.05, 0.1) is 0 Å². The predicted molar refractivity (Wildman–Crippen MR) is 325 cm³/mol. The molecule has 0 aromatic heterocycles. The van der Waals surface area contributed by atoms with Crippen LogP contribution in [0.4, 0.5) is 0 Å². The molecule has 0 saturated carbocycles. The van der Waals surface area contributed by atoms with Crippen molar-refractivity contribution >= 4 is 17.9 Å². The Morgan fingerprint density at radius 1 is 0.280 bits per heavy atom. The minimum atomic E-state index is -0.778. The normalized spacial score (nSPS) is 12.4. The lowest BCUT2D eigenvalue weighted by Crippen LogP contribution is -2.30. The number of ether oxygens (including phenoxy) is 3. The summed E-state index contributed by atoms with van der Waals surface area (Å²) in [5.74, 6) is -0.865. The van der Waals surface area contributed by atoms with E-state index in [0.717, 1.165) is 89.9 Å². The van der Waals surface area contributed by atoms with Crippen molar-refractivity contribution in [3.8, 4) is 0 Å². The third kappa shape index (κ3) is 61.8. The first-order valence-corrected chi connectivity index (χ1v) is 32.8. The molecule has 6 nitrogen and oxygen atoms in total. The van der Waals surface area contributed by atoms with Crippen LogP contribution >= 0.6 is 0 Å². The number of unbranched alkanes of at least 4 members (excludes halogenated alkanes) is 39. The van der Waals surface area contributed by atoms with Crippen LogP contribution in [0.1, 0.15) is 342 Å². The fraction of sp³-hybridized carbons (Fsp3) is 0.812. The Kier molecular flexibility index (Phi) is 61.2. The first-order chi connectivity index (χ1) is 37.0. The largest absolute Gasteiger partial charge is 0.462 e. The third-order valence-corrected chi connectivity index (χ3v) is 14.5. The fourth-order valence-corrected chi connectivity index (χ4v) is 9.61. The molecule has 0 spiro atoms. The zero-order valence-corrected chi connectivity index (χ0v) is 50.1. The van der Waals surface area contributed by atoms with Gasteiger partial charge in [0.15, 0.2) is 6.10 Å². The van der Waals surface area contributed by atoms with Crippen LogP contribution in [0, 0.1) is 0 Å². The molecule has 75 heavy (non-hydrogen) atoms. The Bertz CT molecular complexity index is 1340. The first-order valence-electron chi connectivity index (χ1n) is 32.8. The molecule has 0 radical (unpaired) electrons. The molecule has 0 heterocycles. The number of hydrogen-bond donors (Lipinski definition) is 0. The van der Waals surface area contributed by atoms with Crippen LogP contribution in [-0.2, 0) is 28.6 Å². The van der Waals surface area contributed by atoms with Crippen molar-refractivity contribution in [2.75, 3.05) is 13.2 Å². The van der Waals surface area contributed by atoms with Gasteiger partial charge >= 0.3 is 17.9 Å². The van der Waals surface area contributed by atoms with E-state index in [-0.39, 0.29) is 31.1 Å². The highest BCUT2D eigenvalue weighted by Gasteiger charge is 2.19. The van der Waals surface area contributed by atoms with Crippen LogP contribution < -0.4 is 0 Å². The summed E-state index contributed by atoms with van der Waals surface area (Å²) in [7, 11) is 0. The molecule has 436 valence electrons. The SMILES string of the molecule is CC/C=C\C/C=C\C/C=C\CCCCCCCCCC(=O)OC(COC(=O)CCCCCCCCCCCCCCC)COC(=O)CCCCCCCCCCCCCCCCC/C=C\C/C=C\CCCCCCC. The fourth-order valence-electron chi connectivity index (χ4n) is 9.61. The number of esters is 3.